The summed E-state index contributed by atoms with van der Waals surface area (Å²) in [6.07, 6.45) is 2.27. The summed E-state index contributed by atoms with van der Waals surface area (Å²) in [5.41, 5.74) is 1.15. The number of fused-ring (bicyclic) bond motifs is 1. The molecular weight excluding hydrogens is 278 g/mol. The third kappa shape index (κ3) is 2.51. The number of hydrogen-bond acceptors (Lipinski definition) is 5. The largest absolute Gasteiger partial charge is 0.479 e. The number of imidazole rings is 1. The highest BCUT2D eigenvalue weighted by Gasteiger charge is 2.20. The first kappa shape index (κ1) is 14.4. The highest BCUT2D eigenvalue weighted by molar-refractivity contribution is 7.71. The van der Waals surface area contributed by atoms with Crippen LogP contribution in [0, 0.1) is 4.77 Å². The molecule has 0 saturated carbocycles. The van der Waals surface area contributed by atoms with Crippen molar-refractivity contribution in [3.05, 3.63) is 11.1 Å². The van der Waals surface area contributed by atoms with E-state index in [-0.39, 0.29) is 5.91 Å². The van der Waals surface area contributed by atoms with E-state index < -0.39 is 6.04 Å². The van der Waals surface area contributed by atoms with Crippen LogP contribution < -0.4 is 10.1 Å². The van der Waals surface area contributed by atoms with Crippen LogP contribution >= 0.6 is 12.2 Å². The Morgan fingerprint density at radius 1 is 1.60 bits per heavy atom. The summed E-state index contributed by atoms with van der Waals surface area (Å²) in [7, 11) is 1.52. The Kier molecular flexibility index (Phi) is 4.33. The van der Waals surface area contributed by atoms with Gasteiger partial charge in [0, 0.05) is 6.54 Å². The van der Waals surface area contributed by atoms with Crippen LogP contribution in [0.2, 0.25) is 0 Å². The molecule has 0 aromatic carbocycles. The fourth-order valence-electron chi connectivity index (χ4n) is 1.94. The third-order valence-electron chi connectivity index (χ3n) is 2.98. The summed E-state index contributed by atoms with van der Waals surface area (Å²) in [5, 5.41) is 2.85. The maximum atomic E-state index is 12.1. The van der Waals surface area contributed by atoms with Gasteiger partial charge in [-0.2, -0.15) is 4.98 Å². The predicted molar refractivity (Wildman–Crippen MR) is 77.3 cm³/mol. The molecule has 8 heteroatoms. The molecule has 0 fully saturated rings. The summed E-state index contributed by atoms with van der Waals surface area (Å²) < 4.78 is 7.24. The van der Waals surface area contributed by atoms with Gasteiger partial charge in [-0.25, -0.2) is 4.98 Å². The number of hydrogen-bond donors (Lipinski definition) is 2. The van der Waals surface area contributed by atoms with Gasteiger partial charge >= 0.3 is 0 Å². The van der Waals surface area contributed by atoms with Gasteiger partial charge in [-0.1, -0.05) is 6.92 Å². The average molecular weight is 295 g/mol. The quantitative estimate of drug-likeness (QED) is 0.818. The maximum absolute atomic E-state index is 12.1. The van der Waals surface area contributed by atoms with E-state index in [9.17, 15) is 4.79 Å². The Hall–Kier alpha value is -1.96. The van der Waals surface area contributed by atoms with Gasteiger partial charge in [0.15, 0.2) is 10.4 Å². The van der Waals surface area contributed by atoms with Gasteiger partial charge in [-0.05, 0) is 25.6 Å². The van der Waals surface area contributed by atoms with Gasteiger partial charge < -0.3 is 15.0 Å². The summed E-state index contributed by atoms with van der Waals surface area (Å²) in [6, 6.07) is -0.456. The Labute approximate surface area is 121 Å². The number of H-pyrrole nitrogens is 1. The predicted octanol–water partition coefficient (Wildman–Crippen LogP) is 1.58. The molecule has 7 nitrogen and oxygen atoms in total. The SMILES string of the molecule is CCCNC(=O)C(C)n1c(=S)[nH]c2c(OC)ncnc21. The fraction of sp³-hybridized carbons (Fsp3) is 0.500. The van der Waals surface area contributed by atoms with Gasteiger partial charge in [0.1, 0.15) is 17.9 Å². The number of amides is 1. The molecule has 20 heavy (non-hydrogen) atoms. The zero-order chi connectivity index (χ0) is 14.7. The normalized spacial score (nSPS) is 12.3. The smallest absolute Gasteiger partial charge is 0.242 e. The molecule has 0 saturated heterocycles. The zero-order valence-corrected chi connectivity index (χ0v) is 12.5. The second-order valence-electron chi connectivity index (χ2n) is 4.35. The molecule has 2 aromatic heterocycles. The van der Waals surface area contributed by atoms with Crippen LogP contribution in [0.3, 0.4) is 0 Å². The first-order valence-electron chi connectivity index (χ1n) is 6.37. The molecule has 1 atom stereocenters. The number of rotatable bonds is 5. The molecule has 108 valence electrons. The topological polar surface area (TPSA) is 84.8 Å². The maximum Gasteiger partial charge on any atom is 0.242 e. The van der Waals surface area contributed by atoms with Crippen molar-refractivity contribution in [2.75, 3.05) is 13.7 Å². The second kappa shape index (κ2) is 6.00. The standard InChI is InChI=1S/C12H17N5O2S/c1-4-5-13-10(18)7(2)17-9-8(16-12(17)20)11(19-3)15-6-14-9/h6-7H,4-5H2,1-3H3,(H,13,18)(H,16,20). The molecule has 0 aliphatic heterocycles. The van der Waals surface area contributed by atoms with Crippen molar-refractivity contribution < 1.29 is 9.53 Å². The van der Waals surface area contributed by atoms with Crippen molar-refractivity contribution in [3.63, 3.8) is 0 Å². The molecule has 1 amide bonds. The Balaban J connectivity index is 2.46. The summed E-state index contributed by atoms with van der Waals surface area (Å²) >= 11 is 5.27. The Morgan fingerprint density at radius 3 is 3.00 bits per heavy atom. The molecule has 0 aliphatic rings. The summed E-state index contributed by atoms with van der Waals surface area (Å²) in [5.74, 6) is 0.308. The molecule has 1 unspecified atom stereocenters. The minimum absolute atomic E-state index is 0.0959. The molecule has 0 bridgehead atoms. The molecular formula is C12H17N5O2S. The minimum atomic E-state index is -0.456. The van der Waals surface area contributed by atoms with Gasteiger partial charge in [-0.15, -0.1) is 0 Å². The van der Waals surface area contributed by atoms with Crippen LogP contribution in [-0.4, -0.2) is 39.1 Å². The monoisotopic (exact) mass is 295 g/mol. The Morgan fingerprint density at radius 2 is 2.35 bits per heavy atom. The van der Waals surface area contributed by atoms with Crippen LogP contribution in [0.4, 0.5) is 0 Å². The number of nitrogens with one attached hydrogen (secondary N) is 2. The molecule has 0 radical (unpaired) electrons. The van der Waals surface area contributed by atoms with Gasteiger partial charge in [0.25, 0.3) is 0 Å². The van der Waals surface area contributed by atoms with E-state index >= 15 is 0 Å². The van der Waals surface area contributed by atoms with Crippen LogP contribution in [-0.2, 0) is 4.79 Å². The molecule has 2 N–H and O–H groups in total. The lowest BCUT2D eigenvalue weighted by molar-refractivity contribution is -0.123. The van der Waals surface area contributed by atoms with Crippen LogP contribution in [0.15, 0.2) is 6.33 Å². The van der Waals surface area contributed by atoms with Crippen molar-refractivity contribution in [1.82, 2.24) is 24.8 Å². The molecule has 0 aliphatic carbocycles. The fourth-order valence-corrected chi connectivity index (χ4v) is 2.29. The van der Waals surface area contributed by atoms with E-state index in [1.54, 1.807) is 11.5 Å². The first-order valence-corrected chi connectivity index (χ1v) is 6.77. The van der Waals surface area contributed by atoms with Crippen molar-refractivity contribution in [2.24, 2.45) is 0 Å². The zero-order valence-electron chi connectivity index (χ0n) is 11.6. The number of methoxy groups -OCH3 is 1. The van der Waals surface area contributed by atoms with Crippen LogP contribution in [0.1, 0.15) is 26.3 Å². The lowest BCUT2D eigenvalue weighted by Crippen LogP contribution is -2.31. The number of carbonyl (C=O) groups excluding carboxylic acids is 1. The van der Waals surface area contributed by atoms with Crippen molar-refractivity contribution in [1.29, 1.82) is 0 Å². The van der Waals surface area contributed by atoms with Crippen LogP contribution in [0.25, 0.3) is 11.2 Å². The molecule has 2 rings (SSSR count). The summed E-state index contributed by atoms with van der Waals surface area (Å²) in [4.78, 5) is 23.3. The van der Waals surface area contributed by atoms with Crippen molar-refractivity contribution in [2.45, 2.75) is 26.3 Å². The molecule has 2 heterocycles. The van der Waals surface area contributed by atoms with Crippen LogP contribution in [0.5, 0.6) is 5.88 Å². The van der Waals surface area contributed by atoms with Crippen molar-refractivity contribution >= 4 is 29.3 Å². The first-order chi connectivity index (χ1) is 9.60. The van der Waals surface area contributed by atoms with E-state index in [4.69, 9.17) is 17.0 Å². The number of aromatic nitrogens is 4. The van der Waals surface area contributed by atoms with Gasteiger partial charge in [-0.3, -0.25) is 9.36 Å². The summed E-state index contributed by atoms with van der Waals surface area (Å²) in [6.45, 7) is 4.42. The van der Waals surface area contributed by atoms with Gasteiger partial charge in [0.2, 0.25) is 11.8 Å². The number of carbonyl (C=O) groups is 1. The van der Waals surface area contributed by atoms with E-state index in [0.29, 0.717) is 28.4 Å². The number of nitrogens with zero attached hydrogens (tertiary/aromatic N) is 3. The number of ether oxygens (including phenoxy) is 1. The minimum Gasteiger partial charge on any atom is -0.479 e. The molecule has 0 spiro atoms. The molecule has 2 aromatic rings. The van der Waals surface area contributed by atoms with Crippen molar-refractivity contribution in [3.8, 4) is 5.88 Å². The lowest BCUT2D eigenvalue weighted by atomic mass is 10.3. The lowest BCUT2D eigenvalue weighted by Gasteiger charge is -2.13. The second-order valence-corrected chi connectivity index (χ2v) is 4.74. The third-order valence-corrected chi connectivity index (χ3v) is 3.28. The van der Waals surface area contributed by atoms with E-state index in [1.165, 1.54) is 13.4 Å². The highest BCUT2D eigenvalue weighted by atomic mass is 32.1. The average Bonchev–Trinajstić information content (AvgIpc) is 2.79. The van der Waals surface area contributed by atoms with E-state index in [2.05, 4.69) is 20.3 Å². The van der Waals surface area contributed by atoms with E-state index in [0.717, 1.165) is 6.42 Å². The number of aromatic amines is 1. The van der Waals surface area contributed by atoms with Gasteiger partial charge in [0.05, 0.1) is 7.11 Å². The Bertz CT molecular complexity index is 678. The van der Waals surface area contributed by atoms with E-state index in [1.807, 2.05) is 6.92 Å². The highest BCUT2D eigenvalue weighted by Crippen LogP contribution is 2.23.